The Morgan fingerprint density at radius 3 is 2.80 bits per heavy atom. The number of hydrogen-bond acceptors (Lipinski definition) is 4. The van der Waals surface area contributed by atoms with Gasteiger partial charge in [-0.05, 0) is 12.5 Å². The van der Waals surface area contributed by atoms with Crippen LogP contribution in [-0.2, 0) is 0 Å². The van der Waals surface area contributed by atoms with Gasteiger partial charge in [0.1, 0.15) is 6.26 Å². The number of hydrogen-bond donors (Lipinski definition) is 2. The predicted octanol–water partition coefficient (Wildman–Crippen LogP) is 0.141. The smallest absolute Gasteiger partial charge is 0.335 e. The second kappa shape index (κ2) is 5.31. The van der Waals surface area contributed by atoms with Gasteiger partial charge in [-0.1, -0.05) is 6.92 Å². The molecule has 1 atom stereocenters. The fourth-order valence-electron chi connectivity index (χ4n) is 1.03. The van der Waals surface area contributed by atoms with Crippen LogP contribution in [0.5, 0.6) is 0 Å². The van der Waals surface area contributed by atoms with Crippen molar-refractivity contribution in [3.8, 4) is 0 Å². The summed E-state index contributed by atoms with van der Waals surface area (Å²) >= 11 is 0. The maximum atomic E-state index is 11.5. The molecule has 1 heterocycles. The van der Waals surface area contributed by atoms with Gasteiger partial charge in [0, 0.05) is 6.07 Å². The standard InChI is InChI=1S/C10H13NO4/c1-2-8(5-12)11-10(14)7-3-4-9(13)15-6-7/h3-4,6,8,12H,2,5H2,1H3,(H,11,14). The molecule has 5 nitrogen and oxygen atoms in total. The summed E-state index contributed by atoms with van der Waals surface area (Å²) in [6.07, 6.45) is 1.74. The van der Waals surface area contributed by atoms with E-state index in [1.54, 1.807) is 0 Å². The molecule has 0 spiro atoms. The van der Waals surface area contributed by atoms with Crippen molar-refractivity contribution in [2.24, 2.45) is 0 Å². The Morgan fingerprint density at radius 1 is 1.60 bits per heavy atom. The largest absolute Gasteiger partial charge is 0.430 e. The van der Waals surface area contributed by atoms with Gasteiger partial charge in [-0.3, -0.25) is 4.79 Å². The van der Waals surface area contributed by atoms with Crippen LogP contribution in [-0.4, -0.2) is 23.7 Å². The fourth-order valence-corrected chi connectivity index (χ4v) is 1.03. The molecule has 5 heteroatoms. The van der Waals surface area contributed by atoms with Crippen molar-refractivity contribution in [1.29, 1.82) is 0 Å². The molecular formula is C10H13NO4. The molecule has 0 radical (unpaired) electrons. The van der Waals surface area contributed by atoms with Gasteiger partial charge < -0.3 is 14.8 Å². The topological polar surface area (TPSA) is 79.5 Å². The zero-order valence-corrected chi connectivity index (χ0v) is 8.40. The van der Waals surface area contributed by atoms with E-state index in [2.05, 4.69) is 9.73 Å². The van der Waals surface area contributed by atoms with Crippen molar-refractivity contribution in [1.82, 2.24) is 5.32 Å². The first-order valence-corrected chi connectivity index (χ1v) is 4.68. The first-order chi connectivity index (χ1) is 7.17. The number of nitrogens with one attached hydrogen (secondary N) is 1. The molecule has 2 N–H and O–H groups in total. The maximum Gasteiger partial charge on any atom is 0.335 e. The van der Waals surface area contributed by atoms with Gasteiger partial charge in [0.2, 0.25) is 0 Å². The number of carbonyl (C=O) groups is 1. The molecule has 1 unspecified atom stereocenters. The molecule has 0 aliphatic rings. The van der Waals surface area contributed by atoms with E-state index in [1.165, 1.54) is 12.1 Å². The third kappa shape index (κ3) is 3.21. The van der Waals surface area contributed by atoms with Gasteiger partial charge >= 0.3 is 5.63 Å². The summed E-state index contributed by atoms with van der Waals surface area (Å²) in [5, 5.41) is 11.5. The van der Waals surface area contributed by atoms with Crippen LogP contribution < -0.4 is 10.9 Å². The molecular weight excluding hydrogens is 198 g/mol. The normalized spacial score (nSPS) is 12.1. The first kappa shape index (κ1) is 11.5. The van der Waals surface area contributed by atoms with Gasteiger partial charge in [-0.25, -0.2) is 4.79 Å². The number of rotatable bonds is 4. The Balaban J connectivity index is 2.68. The van der Waals surface area contributed by atoms with Gasteiger partial charge in [-0.2, -0.15) is 0 Å². The van der Waals surface area contributed by atoms with Crippen molar-refractivity contribution in [3.63, 3.8) is 0 Å². The van der Waals surface area contributed by atoms with Crippen molar-refractivity contribution in [3.05, 3.63) is 34.4 Å². The van der Waals surface area contributed by atoms with E-state index in [0.29, 0.717) is 6.42 Å². The highest BCUT2D eigenvalue weighted by atomic mass is 16.4. The van der Waals surface area contributed by atoms with E-state index < -0.39 is 5.63 Å². The number of amides is 1. The number of aliphatic hydroxyl groups is 1. The van der Waals surface area contributed by atoms with Crippen LogP contribution in [0.4, 0.5) is 0 Å². The Bertz CT molecular complexity index is 361. The van der Waals surface area contributed by atoms with E-state index in [0.717, 1.165) is 6.26 Å². The van der Waals surface area contributed by atoms with Crippen LogP contribution in [0.2, 0.25) is 0 Å². The third-order valence-electron chi connectivity index (χ3n) is 2.01. The minimum absolute atomic E-state index is 0.112. The summed E-state index contributed by atoms with van der Waals surface area (Å²) in [5.41, 5.74) is -0.234. The molecule has 0 bridgehead atoms. The van der Waals surface area contributed by atoms with Crippen molar-refractivity contribution < 1.29 is 14.3 Å². The summed E-state index contributed by atoms with van der Waals surface area (Å²) in [5.74, 6) is -0.361. The van der Waals surface area contributed by atoms with Gasteiger partial charge in [-0.15, -0.1) is 0 Å². The van der Waals surface area contributed by atoms with Crippen LogP contribution in [0, 0.1) is 0 Å². The Kier molecular flexibility index (Phi) is 4.05. The minimum atomic E-state index is -0.499. The van der Waals surface area contributed by atoms with Gasteiger partial charge in [0.15, 0.2) is 0 Å². The van der Waals surface area contributed by atoms with E-state index in [1.807, 2.05) is 6.92 Å². The van der Waals surface area contributed by atoms with Gasteiger partial charge in [0.05, 0.1) is 18.2 Å². The van der Waals surface area contributed by atoms with Crippen molar-refractivity contribution in [2.75, 3.05) is 6.61 Å². The maximum absolute atomic E-state index is 11.5. The highest BCUT2D eigenvalue weighted by Gasteiger charge is 2.11. The molecule has 1 amide bonds. The summed E-state index contributed by atoms with van der Waals surface area (Å²) in [4.78, 5) is 22.1. The summed E-state index contributed by atoms with van der Waals surface area (Å²) in [6, 6.07) is 2.28. The monoisotopic (exact) mass is 211 g/mol. The lowest BCUT2D eigenvalue weighted by Crippen LogP contribution is -2.36. The lowest BCUT2D eigenvalue weighted by Gasteiger charge is -2.13. The summed E-state index contributed by atoms with van der Waals surface area (Å²) in [7, 11) is 0. The molecule has 1 aromatic rings. The molecule has 0 aliphatic carbocycles. The third-order valence-corrected chi connectivity index (χ3v) is 2.01. The van der Waals surface area contributed by atoms with Crippen molar-refractivity contribution in [2.45, 2.75) is 19.4 Å². The van der Waals surface area contributed by atoms with Crippen LogP contribution in [0.25, 0.3) is 0 Å². The SMILES string of the molecule is CCC(CO)NC(=O)c1ccc(=O)oc1. The molecule has 0 fully saturated rings. The first-order valence-electron chi connectivity index (χ1n) is 4.68. The van der Waals surface area contributed by atoms with Crippen LogP contribution in [0.3, 0.4) is 0 Å². The highest BCUT2D eigenvalue weighted by molar-refractivity contribution is 5.93. The predicted molar refractivity (Wildman–Crippen MR) is 53.6 cm³/mol. The second-order valence-electron chi connectivity index (χ2n) is 3.10. The number of carbonyl (C=O) groups excluding carboxylic acids is 1. The van der Waals surface area contributed by atoms with E-state index >= 15 is 0 Å². The molecule has 1 rings (SSSR count). The van der Waals surface area contributed by atoms with Crippen LogP contribution >= 0.6 is 0 Å². The summed E-state index contributed by atoms with van der Waals surface area (Å²) < 4.78 is 4.55. The second-order valence-corrected chi connectivity index (χ2v) is 3.10. The zero-order chi connectivity index (χ0) is 11.3. The van der Waals surface area contributed by atoms with Crippen molar-refractivity contribution >= 4 is 5.91 Å². The quantitative estimate of drug-likeness (QED) is 0.742. The average Bonchev–Trinajstić information content (AvgIpc) is 2.26. The van der Waals surface area contributed by atoms with Gasteiger partial charge in [0.25, 0.3) is 5.91 Å². The molecule has 82 valence electrons. The number of aliphatic hydroxyl groups excluding tert-OH is 1. The lowest BCUT2D eigenvalue weighted by atomic mass is 10.2. The Labute approximate surface area is 86.7 Å². The molecule has 0 aromatic carbocycles. The van der Waals surface area contributed by atoms with E-state index in [9.17, 15) is 9.59 Å². The molecule has 0 saturated heterocycles. The van der Waals surface area contributed by atoms with E-state index in [4.69, 9.17) is 5.11 Å². The molecule has 1 aromatic heterocycles. The highest BCUT2D eigenvalue weighted by Crippen LogP contribution is 1.97. The van der Waals surface area contributed by atoms with Crippen LogP contribution in [0.15, 0.2) is 27.6 Å². The minimum Gasteiger partial charge on any atom is -0.430 e. The Hall–Kier alpha value is -1.62. The zero-order valence-electron chi connectivity index (χ0n) is 8.40. The summed E-state index contributed by atoms with van der Waals surface area (Å²) in [6.45, 7) is 1.74. The molecule has 0 saturated carbocycles. The Morgan fingerprint density at radius 2 is 2.33 bits per heavy atom. The fraction of sp³-hybridized carbons (Fsp3) is 0.400. The average molecular weight is 211 g/mol. The van der Waals surface area contributed by atoms with E-state index in [-0.39, 0.29) is 24.1 Å². The lowest BCUT2D eigenvalue weighted by molar-refractivity contribution is 0.0912. The van der Waals surface area contributed by atoms with Crippen LogP contribution in [0.1, 0.15) is 23.7 Å². The molecule has 15 heavy (non-hydrogen) atoms. The molecule has 0 aliphatic heterocycles.